The van der Waals surface area contributed by atoms with E-state index in [1.54, 1.807) is 0 Å². The summed E-state index contributed by atoms with van der Waals surface area (Å²) in [6.07, 6.45) is 4.28. The average Bonchev–Trinajstić information content (AvgIpc) is 2.95. The van der Waals surface area contributed by atoms with Crippen molar-refractivity contribution in [3.8, 4) is 0 Å². The summed E-state index contributed by atoms with van der Waals surface area (Å²) in [6.45, 7) is 0. The average molecular weight is 218 g/mol. The quantitative estimate of drug-likeness (QED) is 0.627. The highest BCUT2D eigenvalue weighted by atomic mass is 17.3. The fraction of sp³-hybridized carbons (Fsp3) is 0.538. The topological polar surface area (TPSA) is 27.7 Å². The van der Waals surface area contributed by atoms with Crippen LogP contribution in [0.5, 0.6) is 0 Å². The van der Waals surface area contributed by atoms with E-state index in [-0.39, 0.29) is 18.0 Å². The number of fused-ring (bicyclic) bond motifs is 6. The molecular weight excluding hydrogens is 204 g/mol. The summed E-state index contributed by atoms with van der Waals surface area (Å²) in [5.74, 6) is 0. The van der Waals surface area contributed by atoms with Gasteiger partial charge in [0.05, 0.1) is 0 Å². The summed E-state index contributed by atoms with van der Waals surface area (Å²) < 4.78 is 5.82. The van der Waals surface area contributed by atoms with Crippen LogP contribution in [0.3, 0.4) is 0 Å². The lowest BCUT2D eigenvalue weighted by atomic mass is 9.74. The number of ether oxygens (including phenoxy) is 1. The molecule has 3 aliphatic rings. The first-order valence-corrected chi connectivity index (χ1v) is 5.97. The Morgan fingerprint density at radius 3 is 2.75 bits per heavy atom. The molecule has 0 radical (unpaired) electrons. The summed E-state index contributed by atoms with van der Waals surface area (Å²) in [6, 6.07) is 8.43. The highest BCUT2D eigenvalue weighted by molar-refractivity contribution is 5.39. The van der Waals surface area contributed by atoms with Gasteiger partial charge < -0.3 is 4.74 Å². The predicted octanol–water partition coefficient (Wildman–Crippen LogP) is 2.82. The molecule has 1 saturated heterocycles. The van der Waals surface area contributed by atoms with Crippen LogP contribution in [-0.4, -0.2) is 6.29 Å². The third-order valence-electron chi connectivity index (χ3n) is 4.18. The maximum atomic E-state index is 5.82. The second kappa shape index (κ2) is 3.06. The fourth-order valence-electron chi connectivity index (χ4n) is 3.40. The number of benzene rings is 1. The molecule has 1 spiro atoms. The zero-order valence-corrected chi connectivity index (χ0v) is 9.02. The summed E-state index contributed by atoms with van der Waals surface area (Å²) in [5.41, 5.74) is 2.58. The van der Waals surface area contributed by atoms with E-state index in [1.807, 2.05) is 6.07 Å². The summed E-state index contributed by atoms with van der Waals surface area (Å²) >= 11 is 0. The minimum Gasteiger partial charge on any atom is -0.312 e. The molecule has 1 saturated carbocycles. The van der Waals surface area contributed by atoms with E-state index in [9.17, 15) is 0 Å². The van der Waals surface area contributed by atoms with Crippen LogP contribution in [0.4, 0.5) is 0 Å². The minimum absolute atomic E-state index is 0.0452. The van der Waals surface area contributed by atoms with Gasteiger partial charge in [0, 0.05) is 11.0 Å². The molecule has 0 amide bonds. The first-order valence-electron chi connectivity index (χ1n) is 5.97. The Labute approximate surface area is 94.2 Å². The van der Waals surface area contributed by atoms with Crippen molar-refractivity contribution in [3.63, 3.8) is 0 Å². The Balaban J connectivity index is 1.94. The van der Waals surface area contributed by atoms with Gasteiger partial charge in [-0.3, -0.25) is 0 Å². The number of rotatable bonds is 0. The van der Waals surface area contributed by atoms with Crippen molar-refractivity contribution < 1.29 is 14.5 Å². The molecule has 1 aliphatic carbocycles. The SMILES string of the molecule is c1ccc2c(c1)[C@@H]1OO[C@@H](O1)C21CCCC1. The molecule has 3 nitrogen and oxygen atoms in total. The highest BCUT2D eigenvalue weighted by Gasteiger charge is 2.54. The van der Waals surface area contributed by atoms with Crippen molar-refractivity contribution in [2.75, 3.05) is 0 Å². The largest absolute Gasteiger partial charge is 0.312 e. The minimum atomic E-state index is -0.313. The molecule has 2 atom stereocenters. The van der Waals surface area contributed by atoms with Gasteiger partial charge in [0.15, 0.2) is 0 Å². The van der Waals surface area contributed by atoms with Gasteiger partial charge >= 0.3 is 0 Å². The zero-order valence-electron chi connectivity index (χ0n) is 9.02. The summed E-state index contributed by atoms with van der Waals surface area (Å²) in [7, 11) is 0. The van der Waals surface area contributed by atoms with Crippen LogP contribution in [0, 0.1) is 0 Å². The van der Waals surface area contributed by atoms with Crippen LogP contribution >= 0.6 is 0 Å². The molecule has 84 valence electrons. The van der Waals surface area contributed by atoms with Crippen LogP contribution in [0.1, 0.15) is 43.1 Å². The lowest BCUT2D eigenvalue weighted by molar-refractivity contribution is -0.304. The van der Waals surface area contributed by atoms with Gasteiger partial charge in [0.25, 0.3) is 0 Å². The monoisotopic (exact) mass is 218 g/mol. The van der Waals surface area contributed by atoms with Gasteiger partial charge in [-0.05, 0) is 18.4 Å². The molecule has 16 heavy (non-hydrogen) atoms. The molecule has 4 rings (SSSR count). The predicted molar refractivity (Wildman–Crippen MR) is 56.4 cm³/mol. The standard InChI is InChI=1S/C13H14O3/c1-2-6-10-9(5-1)11-14-12(16-15-11)13(10)7-3-4-8-13/h1-2,5-6,11-12H,3-4,7-8H2/t11-,12+/m0/s1. The van der Waals surface area contributed by atoms with Crippen LogP contribution in [0.2, 0.25) is 0 Å². The summed E-state index contributed by atoms with van der Waals surface area (Å²) in [4.78, 5) is 10.6. The highest BCUT2D eigenvalue weighted by Crippen LogP contribution is 2.54. The molecule has 0 N–H and O–H groups in total. The Kier molecular flexibility index (Phi) is 1.76. The third kappa shape index (κ3) is 0.986. The van der Waals surface area contributed by atoms with Gasteiger partial charge in [0.2, 0.25) is 12.6 Å². The van der Waals surface area contributed by atoms with Crippen LogP contribution in [-0.2, 0) is 19.9 Å². The molecule has 0 unspecified atom stereocenters. The molecule has 3 heteroatoms. The Morgan fingerprint density at radius 2 is 1.88 bits per heavy atom. The van der Waals surface area contributed by atoms with Crippen molar-refractivity contribution in [1.82, 2.24) is 0 Å². The first kappa shape index (κ1) is 9.16. The van der Waals surface area contributed by atoms with Crippen molar-refractivity contribution in [1.29, 1.82) is 0 Å². The normalized spacial score (nSPS) is 34.2. The number of hydrogen-bond acceptors (Lipinski definition) is 3. The smallest absolute Gasteiger partial charge is 0.220 e. The van der Waals surface area contributed by atoms with E-state index >= 15 is 0 Å². The molecule has 1 aromatic rings. The van der Waals surface area contributed by atoms with Crippen LogP contribution in [0.15, 0.2) is 24.3 Å². The van der Waals surface area contributed by atoms with Gasteiger partial charge in [-0.25, -0.2) is 4.89 Å². The van der Waals surface area contributed by atoms with E-state index in [0.29, 0.717) is 0 Å². The van der Waals surface area contributed by atoms with Crippen molar-refractivity contribution in [3.05, 3.63) is 35.4 Å². The molecule has 2 aliphatic heterocycles. The summed E-state index contributed by atoms with van der Waals surface area (Å²) in [5, 5.41) is 0. The zero-order chi connectivity index (χ0) is 10.6. The molecule has 2 fully saturated rings. The van der Waals surface area contributed by atoms with E-state index in [0.717, 1.165) is 18.4 Å². The maximum Gasteiger partial charge on any atom is 0.220 e. The maximum absolute atomic E-state index is 5.82. The van der Waals surface area contributed by atoms with Crippen LogP contribution < -0.4 is 0 Å². The van der Waals surface area contributed by atoms with E-state index < -0.39 is 0 Å². The Bertz CT molecular complexity index is 423. The Morgan fingerprint density at radius 1 is 1.06 bits per heavy atom. The van der Waals surface area contributed by atoms with Crippen molar-refractivity contribution >= 4 is 0 Å². The lowest BCUT2D eigenvalue weighted by Crippen LogP contribution is -2.41. The van der Waals surface area contributed by atoms with E-state index in [2.05, 4.69) is 18.2 Å². The van der Waals surface area contributed by atoms with Gasteiger partial charge in [-0.2, -0.15) is 4.89 Å². The van der Waals surface area contributed by atoms with E-state index in [4.69, 9.17) is 14.5 Å². The molecule has 0 aromatic heterocycles. The van der Waals surface area contributed by atoms with Crippen molar-refractivity contribution in [2.45, 2.75) is 43.7 Å². The van der Waals surface area contributed by atoms with Gasteiger partial charge in [-0.15, -0.1) is 0 Å². The van der Waals surface area contributed by atoms with E-state index in [1.165, 1.54) is 18.4 Å². The second-order valence-corrected chi connectivity index (χ2v) is 4.94. The number of hydrogen-bond donors (Lipinski definition) is 0. The van der Waals surface area contributed by atoms with Gasteiger partial charge in [-0.1, -0.05) is 37.1 Å². The first-order chi connectivity index (χ1) is 7.90. The third-order valence-corrected chi connectivity index (χ3v) is 4.18. The molecule has 2 bridgehead atoms. The van der Waals surface area contributed by atoms with Crippen molar-refractivity contribution in [2.24, 2.45) is 0 Å². The molecule has 2 heterocycles. The lowest BCUT2D eigenvalue weighted by Gasteiger charge is -2.37. The second-order valence-electron chi connectivity index (χ2n) is 4.94. The van der Waals surface area contributed by atoms with Crippen LogP contribution in [0.25, 0.3) is 0 Å². The van der Waals surface area contributed by atoms with Gasteiger partial charge in [0.1, 0.15) is 0 Å². The molecule has 1 aromatic carbocycles. The fourth-order valence-corrected chi connectivity index (χ4v) is 3.40. The Hall–Kier alpha value is -0.900. The molecular formula is C13H14O3.